The van der Waals surface area contributed by atoms with Crippen LogP contribution in [0.2, 0.25) is 0 Å². The number of carbonyl (C=O) groups excluding carboxylic acids is 2. The number of halogens is 2. The SMILES string of the molecule is C[C@H](CC(=O)Nc1ccc(OC(F)F)c(CN(C)C(=O)CNc2ccc(C#N)cc2)c1)c1ccccc1O. The lowest BCUT2D eigenvalue weighted by molar-refractivity contribution is -0.128. The molecule has 0 spiro atoms. The first-order valence-electron chi connectivity index (χ1n) is 11.8. The number of nitriles is 1. The first-order chi connectivity index (χ1) is 18.2. The summed E-state index contributed by atoms with van der Waals surface area (Å²) in [4.78, 5) is 26.6. The zero-order chi connectivity index (χ0) is 27.7. The van der Waals surface area contributed by atoms with Crippen LogP contribution in [0.5, 0.6) is 11.5 Å². The van der Waals surface area contributed by atoms with E-state index in [0.717, 1.165) is 0 Å². The second-order valence-electron chi connectivity index (χ2n) is 8.71. The molecule has 0 aliphatic carbocycles. The van der Waals surface area contributed by atoms with Crippen molar-refractivity contribution in [1.29, 1.82) is 5.26 Å². The number of rotatable bonds is 11. The van der Waals surface area contributed by atoms with Crippen LogP contribution < -0.4 is 15.4 Å². The number of para-hydroxylation sites is 1. The maximum absolute atomic E-state index is 13.0. The lowest BCUT2D eigenvalue weighted by Gasteiger charge is -2.21. The molecular weight excluding hydrogens is 494 g/mol. The zero-order valence-electron chi connectivity index (χ0n) is 20.9. The maximum atomic E-state index is 13.0. The van der Waals surface area contributed by atoms with Gasteiger partial charge in [0.15, 0.2) is 0 Å². The number of anilines is 2. The van der Waals surface area contributed by atoms with Gasteiger partial charge in [-0.15, -0.1) is 0 Å². The Bertz CT molecular complexity index is 1310. The average molecular weight is 523 g/mol. The number of amides is 2. The van der Waals surface area contributed by atoms with Gasteiger partial charge in [0.25, 0.3) is 0 Å². The molecule has 1 atom stereocenters. The molecule has 0 fully saturated rings. The van der Waals surface area contributed by atoms with E-state index in [1.54, 1.807) is 48.5 Å². The number of phenolic OH excluding ortho intramolecular Hbond substituents is 1. The van der Waals surface area contributed by atoms with Gasteiger partial charge in [-0.05, 0) is 60.0 Å². The first kappa shape index (κ1) is 27.9. The molecule has 0 aliphatic heterocycles. The molecule has 0 aromatic heterocycles. The highest BCUT2D eigenvalue weighted by Crippen LogP contribution is 2.29. The molecule has 0 heterocycles. The predicted octanol–water partition coefficient (Wildman–Crippen LogP) is 5.07. The van der Waals surface area contributed by atoms with Gasteiger partial charge in [0.1, 0.15) is 11.5 Å². The van der Waals surface area contributed by atoms with E-state index < -0.39 is 6.61 Å². The Labute approximate surface area is 219 Å². The molecule has 0 bridgehead atoms. The maximum Gasteiger partial charge on any atom is 0.387 e. The molecule has 3 aromatic carbocycles. The summed E-state index contributed by atoms with van der Waals surface area (Å²) >= 11 is 0. The van der Waals surface area contributed by atoms with Gasteiger partial charge in [0, 0.05) is 37.0 Å². The number of benzene rings is 3. The Balaban J connectivity index is 1.66. The topological polar surface area (TPSA) is 115 Å². The normalized spacial score (nSPS) is 11.4. The average Bonchev–Trinajstić information content (AvgIpc) is 2.88. The number of carbonyl (C=O) groups is 2. The van der Waals surface area contributed by atoms with Crippen molar-refractivity contribution in [2.45, 2.75) is 32.4 Å². The molecule has 8 nitrogen and oxygen atoms in total. The van der Waals surface area contributed by atoms with Crippen LogP contribution in [0.1, 0.15) is 36.0 Å². The highest BCUT2D eigenvalue weighted by atomic mass is 19.3. The summed E-state index contributed by atoms with van der Waals surface area (Å²) in [5, 5.41) is 24.6. The Morgan fingerprint density at radius 2 is 1.76 bits per heavy atom. The molecule has 198 valence electrons. The van der Waals surface area contributed by atoms with Gasteiger partial charge in [-0.3, -0.25) is 9.59 Å². The summed E-state index contributed by atoms with van der Waals surface area (Å²) in [6.45, 7) is -1.36. The molecule has 10 heteroatoms. The highest BCUT2D eigenvalue weighted by molar-refractivity contribution is 5.91. The quantitative estimate of drug-likeness (QED) is 0.324. The van der Waals surface area contributed by atoms with Crippen molar-refractivity contribution in [2.75, 3.05) is 24.2 Å². The molecule has 0 aliphatic rings. The summed E-state index contributed by atoms with van der Waals surface area (Å²) < 4.78 is 30.6. The van der Waals surface area contributed by atoms with Crippen LogP contribution >= 0.6 is 0 Å². The van der Waals surface area contributed by atoms with E-state index >= 15 is 0 Å². The summed E-state index contributed by atoms with van der Waals surface area (Å²) in [6.07, 6.45) is 0.0849. The number of ether oxygens (including phenoxy) is 1. The summed E-state index contributed by atoms with van der Waals surface area (Å²) in [7, 11) is 1.52. The minimum absolute atomic E-state index is 0.0477. The smallest absolute Gasteiger partial charge is 0.387 e. The van der Waals surface area contributed by atoms with Crippen LogP contribution in [0.25, 0.3) is 0 Å². The van der Waals surface area contributed by atoms with Crippen molar-refractivity contribution in [1.82, 2.24) is 4.90 Å². The van der Waals surface area contributed by atoms with Crippen molar-refractivity contribution < 1.29 is 28.2 Å². The lowest BCUT2D eigenvalue weighted by atomic mass is 9.96. The van der Waals surface area contributed by atoms with E-state index in [9.17, 15) is 23.5 Å². The summed E-state index contributed by atoms with van der Waals surface area (Å²) in [5.74, 6) is -0.914. The van der Waals surface area contributed by atoms with Gasteiger partial charge in [0.2, 0.25) is 11.8 Å². The molecule has 38 heavy (non-hydrogen) atoms. The molecule has 3 N–H and O–H groups in total. The second kappa shape index (κ2) is 13.1. The van der Waals surface area contributed by atoms with E-state index in [-0.39, 0.29) is 54.3 Å². The zero-order valence-corrected chi connectivity index (χ0v) is 20.9. The number of alkyl halides is 2. The summed E-state index contributed by atoms with van der Waals surface area (Å²) in [6, 6.07) is 19.6. The van der Waals surface area contributed by atoms with Gasteiger partial charge in [-0.2, -0.15) is 14.0 Å². The molecule has 0 saturated heterocycles. The molecule has 3 rings (SSSR count). The second-order valence-corrected chi connectivity index (χ2v) is 8.71. The first-order valence-corrected chi connectivity index (χ1v) is 11.8. The lowest BCUT2D eigenvalue weighted by Crippen LogP contribution is -2.32. The molecular formula is C28H28F2N4O4. The molecule has 2 amide bonds. The van der Waals surface area contributed by atoms with Gasteiger partial charge in [0.05, 0.1) is 18.2 Å². The fourth-order valence-electron chi connectivity index (χ4n) is 3.81. The monoisotopic (exact) mass is 522 g/mol. The standard InChI is InChI=1S/C28H28F2N4O4/c1-18(23-5-3-4-6-24(23)35)13-26(36)33-22-11-12-25(38-28(29)30)20(14-22)17-34(2)27(37)16-32-21-9-7-19(15-31)8-10-21/h3-12,14,18,28,32,35H,13,16-17H2,1-2H3,(H,33,36)/t18-/m1/s1. The number of nitrogens with one attached hydrogen (secondary N) is 2. The van der Waals surface area contributed by atoms with Crippen molar-refractivity contribution in [3.8, 4) is 17.6 Å². The molecule has 3 aromatic rings. The highest BCUT2D eigenvalue weighted by Gasteiger charge is 2.18. The summed E-state index contributed by atoms with van der Waals surface area (Å²) in [5.41, 5.74) is 2.41. The van der Waals surface area contributed by atoms with Gasteiger partial charge in [-0.25, -0.2) is 0 Å². The number of likely N-dealkylation sites (N-methyl/N-ethyl adjacent to an activating group) is 1. The Morgan fingerprint density at radius 3 is 2.42 bits per heavy atom. The molecule has 0 radical (unpaired) electrons. The number of nitrogens with zero attached hydrogens (tertiary/aromatic N) is 2. The third kappa shape index (κ3) is 7.93. The van der Waals surface area contributed by atoms with Gasteiger partial charge < -0.3 is 25.4 Å². The van der Waals surface area contributed by atoms with Crippen molar-refractivity contribution >= 4 is 23.2 Å². The van der Waals surface area contributed by atoms with Gasteiger partial charge in [-0.1, -0.05) is 25.1 Å². The van der Waals surface area contributed by atoms with Crippen LogP contribution in [0, 0.1) is 11.3 Å². The number of aromatic hydroxyl groups is 1. The van der Waals surface area contributed by atoms with Crippen LogP contribution in [0.4, 0.5) is 20.2 Å². The number of hydrogen-bond donors (Lipinski definition) is 3. The van der Waals surface area contributed by atoms with Crippen molar-refractivity contribution in [2.24, 2.45) is 0 Å². The molecule has 0 unspecified atom stereocenters. The third-order valence-electron chi connectivity index (χ3n) is 5.81. The van der Waals surface area contributed by atoms with E-state index in [4.69, 9.17) is 5.26 Å². The van der Waals surface area contributed by atoms with Crippen LogP contribution in [-0.2, 0) is 16.1 Å². The van der Waals surface area contributed by atoms with Crippen LogP contribution in [0.3, 0.4) is 0 Å². The Morgan fingerprint density at radius 1 is 1.08 bits per heavy atom. The number of hydrogen-bond acceptors (Lipinski definition) is 6. The minimum Gasteiger partial charge on any atom is -0.508 e. The Hall–Kier alpha value is -4.65. The van der Waals surface area contributed by atoms with E-state index in [1.165, 1.54) is 30.1 Å². The predicted molar refractivity (Wildman–Crippen MR) is 139 cm³/mol. The van der Waals surface area contributed by atoms with E-state index in [1.807, 2.05) is 13.0 Å². The fraction of sp³-hybridized carbons (Fsp3) is 0.250. The molecule has 0 saturated carbocycles. The van der Waals surface area contributed by atoms with E-state index in [0.29, 0.717) is 22.5 Å². The largest absolute Gasteiger partial charge is 0.508 e. The van der Waals surface area contributed by atoms with E-state index in [2.05, 4.69) is 15.4 Å². The van der Waals surface area contributed by atoms with Crippen LogP contribution in [-0.4, -0.2) is 42.0 Å². The van der Waals surface area contributed by atoms with Crippen molar-refractivity contribution in [3.63, 3.8) is 0 Å². The van der Waals surface area contributed by atoms with Gasteiger partial charge >= 0.3 is 6.61 Å². The minimum atomic E-state index is -3.06. The van der Waals surface area contributed by atoms with Crippen LogP contribution in [0.15, 0.2) is 66.7 Å². The fourth-order valence-corrected chi connectivity index (χ4v) is 3.81. The number of phenols is 1. The van der Waals surface area contributed by atoms with Crippen molar-refractivity contribution in [3.05, 3.63) is 83.4 Å². The third-order valence-corrected chi connectivity index (χ3v) is 5.81. The Kier molecular flexibility index (Phi) is 9.60.